The van der Waals surface area contributed by atoms with Gasteiger partial charge in [-0.2, -0.15) is 8.42 Å². The molecule has 0 saturated carbocycles. The quantitative estimate of drug-likeness (QED) is 0.403. The molecule has 62 valence electrons. The third kappa shape index (κ3) is 5.96. The molecule has 0 aliphatic carbocycles. The van der Waals surface area contributed by atoms with Crippen molar-refractivity contribution < 1.29 is 22.8 Å². The number of rotatable bonds is 4. The third-order valence-electron chi connectivity index (χ3n) is 0.662. The zero-order chi connectivity index (χ0) is 8.20. The molecule has 5 nitrogen and oxygen atoms in total. The van der Waals surface area contributed by atoms with Crippen molar-refractivity contribution in [2.24, 2.45) is 0 Å². The number of aliphatic hydroxyl groups is 2. The van der Waals surface area contributed by atoms with Gasteiger partial charge in [0.25, 0.3) is 10.1 Å². The van der Waals surface area contributed by atoms with E-state index in [9.17, 15) is 8.42 Å². The number of aliphatic hydroxyl groups excluding tert-OH is 2. The van der Waals surface area contributed by atoms with Gasteiger partial charge in [-0.25, -0.2) is 4.18 Å². The van der Waals surface area contributed by atoms with Gasteiger partial charge in [0.05, 0.1) is 6.26 Å². The first-order chi connectivity index (χ1) is 4.45. The van der Waals surface area contributed by atoms with E-state index in [1.165, 1.54) is 0 Å². The summed E-state index contributed by atoms with van der Waals surface area (Å²) in [5.74, 6) is 0. The van der Waals surface area contributed by atoms with Crippen LogP contribution in [0.4, 0.5) is 0 Å². The van der Waals surface area contributed by atoms with Gasteiger partial charge in [-0.3, -0.25) is 0 Å². The van der Waals surface area contributed by atoms with Crippen molar-refractivity contribution in [2.45, 2.75) is 12.7 Å². The third-order valence-corrected chi connectivity index (χ3v) is 1.23. The van der Waals surface area contributed by atoms with Crippen LogP contribution in [0.2, 0.25) is 0 Å². The monoisotopic (exact) mass is 170 g/mol. The first kappa shape index (κ1) is 9.83. The second-order valence-electron chi connectivity index (χ2n) is 1.77. The van der Waals surface area contributed by atoms with E-state index in [0.717, 1.165) is 6.26 Å². The average Bonchev–Trinajstić information content (AvgIpc) is 1.59. The van der Waals surface area contributed by atoms with Gasteiger partial charge in [0, 0.05) is 13.0 Å². The van der Waals surface area contributed by atoms with Gasteiger partial charge in [-0.1, -0.05) is 0 Å². The molecule has 0 amide bonds. The van der Waals surface area contributed by atoms with Crippen molar-refractivity contribution >= 4 is 10.1 Å². The maximum Gasteiger partial charge on any atom is 0.266 e. The zero-order valence-corrected chi connectivity index (χ0v) is 6.34. The first-order valence-corrected chi connectivity index (χ1v) is 4.44. The van der Waals surface area contributed by atoms with Crippen LogP contribution < -0.4 is 0 Å². The van der Waals surface area contributed by atoms with E-state index in [1.54, 1.807) is 0 Å². The van der Waals surface area contributed by atoms with Crippen molar-refractivity contribution in [3.63, 3.8) is 0 Å². The maximum absolute atomic E-state index is 10.3. The van der Waals surface area contributed by atoms with Crippen LogP contribution >= 0.6 is 0 Å². The van der Waals surface area contributed by atoms with Crippen molar-refractivity contribution in [3.05, 3.63) is 0 Å². The Labute approximate surface area is 59.4 Å². The molecular weight excluding hydrogens is 160 g/mol. The highest BCUT2D eigenvalue weighted by molar-refractivity contribution is 7.86. The van der Waals surface area contributed by atoms with E-state index in [1.807, 2.05) is 0 Å². The molecule has 0 saturated heterocycles. The minimum Gasteiger partial charge on any atom is -0.396 e. The molecule has 0 spiro atoms. The lowest BCUT2D eigenvalue weighted by Gasteiger charge is -2.06. The van der Waals surface area contributed by atoms with E-state index in [-0.39, 0.29) is 13.0 Å². The molecule has 0 aliphatic rings. The number of hydrogen-bond donors (Lipinski definition) is 2. The summed E-state index contributed by atoms with van der Waals surface area (Å²) in [6, 6.07) is 0. The van der Waals surface area contributed by atoms with Gasteiger partial charge >= 0.3 is 0 Å². The summed E-state index contributed by atoms with van der Waals surface area (Å²) in [5, 5.41) is 16.8. The van der Waals surface area contributed by atoms with Crippen LogP contribution in [0.1, 0.15) is 6.42 Å². The molecule has 10 heavy (non-hydrogen) atoms. The van der Waals surface area contributed by atoms with Crippen LogP contribution in [0, 0.1) is 0 Å². The van der Waals surface area contributed by atoms with E-state index >= 15 is 0 Å². The van der Waals surface area contributed by atoms with Crippen LogP contribution in [0.25, 0.3) is 0 Å². The molecule has 2 N–H and O–H groups in total. The van der Waals surface area contributed by atoms with Gasteiger partial charge in [-0.05, 0) is 0 Å². The minimum atomic E-state index is -3.61. The Morgan fingerprint density at radius 1 is 1.60 bits per heavy atom. The van der Waals surface area contributed by atoms with Crippen molar-refractivity contribution in [3.8, 4) is 0 Å². The Hall–Kier alpha value is -0.170. The van der Waals surface area contributed by atoms with Crippen molar-refractivity contribution in [1.29, 1.82) is 0 Å². The van der Waals surface area contributed by atoms with Crippen molar-refractivity contribution in [2.75, 3.05) is 12.9 Å². The first-order valence-electron chi connectivity index (χ1n) is 2.63. The Bertz CT molecular complexity index is 172. The fourth-order valence-corrected chi connectivity index (χ4v) is 0.860. The lowest BCUT2D eigenvalue weighted by atomic mass is 10.5. The van der Waals surface area contributed by atoms with Crippen LogP contribution in [-0.2, 0) is 14.3 Å². The molecule has 6 heteroatoms. The normalized spacial score (nSPS) is 15.1. The van der Waals surface area contributed by atoms with E-state index in [4.69, 9.17) is 10.2 Å². The predicted octanol–water partition coefficient (Wildman–Crippen LogP) is -1.34. The van der Waals surface area contributed by atoms with Crippen LogP contribution in [0.5, 0.6) is 0 Å². The molecule has 0 bridgehead atoms. The highest BCUT2D eigenvalue weighted by atomic mass is 32.2. The van der Waals surface area contributed by atoms with Gasteiger partial charge in [0.15, 0.2) is 6.29 Å². The minimum absolute atomic E-state index is 0.104. The van der Waals surface area contributed by atoms with Gasteiger partial charge in [-0.15, -0.1) is 0 Å². The molecule has 0 rings (SSSR count). The average molecular weight is 170 g/mol. The highest BCUT2D eigenvalue weighted by Gasteiger charge is 2.10. The second kappa shape index (κ2) is 3.87. The second-order valence-corrected chi connectivity index (χ2v) is 3.37. The van der Waals surface area contributed by atoms with Gasteiger partial charge in [0.1, 0.15) is 0 Å². The lowest BCUT2D eigenvalue weighted by molar-refractivity contribution is -0.0270. The Morgan fingerprint density at radius 3 is 2.40 bits per heavy atom. The molecule has 0 aromatic carbocycles. The Morgan fingerprint density at radius 2 is 2.10 bits per heavy atom. The molecule has 1 atom stereocenters. The molecule has 1 unspecified atom stereocenters. The summed E-state index contributed by atoms with van der Waals surface area (Å²) >= 11 is 0. The zero-order valence-electron chi connectivity index (χ0n) is 5.52. The molecule has 0 aromatic heterocycles. The van der Waals surface area contributed by atoms with Crippen LogP contribution in [0.3, 0.4) is 0 Å². The summed E-state index contributed by atoms with van der Waals surface area (Å²) in [5.41, 5.74) is 0. The van der Waals surface area contributed by atoms with Crippen LogP contribution in [0.15, 0.2) is 0 Å². The topological polar surface area (TPSA) is 83.8 Å². The van der Waals surface area contributed by atoms with E-state index in [2.05, 4.69) is 4.18 Å². The summed E-state index contributed by atoms with van der Waals surface area (Å²) in [7, 11) is -3.61. The highest BCUT2D eigenvalue weighted by Crippen LogP contribution is 1.97. The lowest BCUT2D eigenvalue weighted by Crippen LogP contribution is -2.17. The fraction of sp³-hybridized carbons (Fsp3) is 1.00. The molecule has 0 heterocycles. The maximum atomic E-state index is 10.3. The van der Waals surface area contributed by atoms with Gasteiger partial charge in [0.2, 0.25) is 0 Å². The van der Waals surface area contributed by atoms with Crippen molar-refractivity contribution in [1.82, 2.24) is 0 Å². The Kier molecular flexibility index (Phi) is 3.80. The summed E-state index contributed by atoms with van der Waals surface area (Å²) in [6.45, 7) is -0.309. The molecular formula is C4H10O5S. The molecule has 0 fully saturated rings. The van der Waals surface area contributed by atoms with E-state index in [0.29, 0.717) is 0 Å². The molecule has 0 aromatic rings. The fourth-order valence-electron chi connectivity index (χ4n) is 0.360. The summed E-state index contributed by atoms with van der Waals surface area (Å²) in [6.07, 6.45) is -0.708. The van der Waals surface area contributed by atoms with E-state index < -0.39 is 16.4 Å². The SMILES string of the molecule is CS(=O)(=O)OC(O)CCO. The summed E-state index contributed by atoms with van der Waals surface area (Å²) < 4.78 is 24.6. The summed E-state index contributed by atoms with van der Waals surface area (Å²) in [4.78, 5) is 0. The largest absolute Gasteiger partial charge is 0.396 e. The standard InChI is InChI=1S/C4H10O5S/c1-10(7,8)9-4(6)2-3-5/h4-6H,2-3H2,1H3. The van der Waals surface area contributed by atoms with Gasteiger partial charge < -0.3 is 10.2 Å². The molecule has 0 aliphatic heterocycles. The smallest absolute Gasteiger partial charge is 0.266 e. The van der Waals surface area contributed by atoms with Crippen LogP contribution in [-0.4, -0.2) is 37.8 Å². The number of hydrogen-bond acceptors (Lipinski definition) is 5. The predicted molar refractivity (Wildman–Crippen MR) is 33.6 cm³/mol. The Balaban J connectivity index is 3.69. The molecule has 0 radical (unpaired) electrons.